The fourth-order valence-electron chi connectivity index (χ4n) is 1.20. The first-order valence-electron chi connectivity index (χ1n) is 5.01. The van der Waals surface area contributed by atoms with Crippen LogP contribution >= 0.6 is 0 Å². The van der Waals surface area contributed by atoms with Crippen LogP contribution in [0.25, 0.3) is 0 Å². The lowest BCUT2D eigenvalue weighted by molar-refractivity contribution is 0.0939. The quantitative estimate of drug-likeness (QED) is 0.781. The number of benzene rings is 1. The summed E-state index contributed by atoms with van der Waals surface area (Å²) >= 11 is 0. The van der Waals surface area contributed by atoms with E-state index < -0.39 is 0 Å². The lowest BCUT2D eigenvalue weighted by Crippen LogP contribution is -2.31. The Morgan fingerprint density at radius 3 is 2.79 bits per heavy atom. The fourth-order valence-corrected chi connectivity index (χ4v) is 1.20. The topological polar surface area (TPSA) is 29.1 Å². The molecule has 0 unspecified atom stereocenters. The van der Waals surface area contributed by atoms with Gasteiger partial charge in [0, 0.05) is 11.6 Å². The highest BCUT2D eigenvalue weighted by molar-refractivity contribution is 5.94. The Labute approximate surface area is 85.3 Å². The molecular formula is C12H17NO. The van der Waals surface area contributed by atoms with Gasteiger partial charge in [0.05, 0.1) is 0 Å². The summed E-state index contributed by atoms with van der Waals surface area (Å²) in [5.74, 6) is 0.0167. The summed E-state index contributed by atoms with van der Waals surface area (Å²) in [6.07, 6.45) is 0.956. The standard InChI is InChI=1S/C12H17NO/c1-4-10(3)13-12(14)11-7-5-6-9(2)8-11/h5-8,10H,4H2,1-3H3,(H,13,14)/t10-/m0/s1. The molecule has 0 aliphatic heterocycles. The van der Waals surface area contributed by atoms with Crippen LogP contribution < -0.4 is 5.32 Å². The van der Waals surface area contributed by atoms with Crippen LogP contribution in [0.4, 0.5) is 0 Å². The van der Waals surface area contributed by atoms with Crippen molar-refractivity contribution < 1.29 is 4.79 Å². The minimum absolute atomic E-state index is 0.0167. The lowest BCUT2D eigenvalue weighted by atomic mass is 10.1. The van der Waals surface area contributed by atoms with Crippen molar-refractivity contribution in [2.24, 2.45) is 0 Å². The van der Waals surface area contributed by atoms with Crippen molar-refractivity contribution >= 4 is 5.91 Å². The Morgan fingerprint density at radius 2 is 2.21 bits per heavy atom. The number of aryl methyl sites for hydroxylation is 1. The molecule has 1 N–H and O–H groups in total. The Morgan fingerprint density at radius 1 is 1.50 bits per heavy atom. The van der Waals surface area contributed by atoms with Gasteiger partial charge in [-0.1, -0.05) is 24.6 Å². The molecule has 14 heavy (non-hydrogen) atoms. The van der Waals surface area contributed by atoms with Crippen LogP contribution in [-0.4, -0.2) is 11.9 Å². The monoisotopic (exact) mass is 191 g/mol. The highest BCUT2D eigenvalue weighted by Gasteiger charge is 2.07. The minimum atomic E-state index is 0.0167. The van der Waals surface area contributed by atoms with Gasteiger partial charge >= 0.3 is 0 Å². The number of hydrogen-bond donors (Lipinski definition) is 1. The largest absolute Gasteiger partial charge is 0.350 e. The van der Waals surface area contributed by atoms with Crippen molar-refractivity contribution in [1.82, 2.24) is 5.32 Å². The van der Waals surface area contributed by atoms with Gasteiger partial charge < -0.3 is 5.32 Å². The molecule has 0 saturated heterocycles. The Hall–Kier alpha value is -1.31. The molecule has 2 nitrogen and oxygen atoms in total. The first-order chi connectivity index (χ1) is 6.63. The number of nitrogens with one attached hydrogen (secondary N) is 1. The lowest BCUT2D eigenvalue weighted by Gasteiger charge is -2.11. The predicted molar refractivity (Wildman–Crippen MR) is 58.4 cm³/mol. The van der Waals surface area contributed by atoms with Crippen LogP contribution in [0.3, 0.4) is 0 Å². The van der Waals surface area contributed by atoms with Crippen molar-refractivity contribution in [3.05, 3.63) is 35.4 Å². The Bertz CT molecular complexity index is 320. The Balaban J connectivity index is 2.70. The smallest absolute Gasteiger partial charge is 0.251 e. The molecule has 1 atom stereocenters. The first-order valence-corrected chi connectivity index (χ1v) is 5.01. The number of rotatable bonds is 3. The molecule has 0 bridgehead atoms. The maximum Gasteiger partial charge on any atom is 0.251 e. The molecule has 76 valence electrons. The molecule has 1 aromatic rings. The normalized spacial score (nSPS) is 12.2. The zero-order chi connectivity index (χ0) is 10.6. The van der Waals surface area contributed by atoms with Crippen molar-refractivity contribution in [3.63, 3.8) is 0 Å². The van der Waals surface area contributed by atoms with Crippen LogP contribution in [0.2, 0.25) is 0 Å². The SMILES string of the molecule is CC[C@H](C)NC(=O)c1cccc(C)c1. The van der Waals surface area contributed by atoms with Crippen molar-refractivity contribution in [2.45, 2.75) is 33.2 Å². The predicted octanol–water partition coefficient (Wildman–Crippen LogP) is 2.52. The van der Waals surface area contributed by atoms with Crippen molar-refractivity contribution in [2.75, 3.05) is 0 Å². The average molecular weight is 191 g/mol. The zero-order valence-electron chi connectivity index (χ0n) is 9.00. The van der Waals surface area contributed by atoms with Gasteiger partial charge in [0.15, 0.2) is 0 Å². The van der Waals surface area contributed by atoms with Crippen molar-refractivity contribution in [3.8, 4) is 0 Å². The van der Waals surface area contributed by atoms with Gasteiger partial charge in [-0.2, -0.15) is 0 Å². The Kier molecular flexibility index (Phi) is 3.69. The number of carbonyl (C=O) groups excluding carboxylic acids is 1. The highest BCUT2D eigenvalue weighted by atomic mass is 16.1. The highest BCUT2D eigenvalue weighted by Crippen LogP contribution is 2.04. The summed E-state index contributed by atoms with van der Waals surface area (Å²) in [7, 11) is 0. The molecule has 0 spiro atoms. The summed E-state index contributed by atoms with van der Waals surface area (Å²) in [6, 6.07) is 7.87. The van der Waals surface area contributed by atoms with Gasteiger partial charge in [-0.3, -0.25) is 4.79 Å². The summed E-state index contributed by atoms with van der Waals surface area (Å²) in [4.78, 5) is 11.7. The van der Waals surface area contributed by atoms with E-state index >= 15 is 0 Å². The third-order valence-corrected chi connectivity index (χ3v) is 2.27. The van der Waals surface area contributed by atoms with E-state index in [1.807, 2.05) is 38.1 Å². The maximum atomic E-state index is 11.7. The average Bonchev–Trinajstić information content (AvgIpc) is 2.17. The van der Waals surface area contributed by atoms with E-state index in [0.717, 1.165) is 17.5 Å². The number of carbonyl (C=O) groups is 1. The van der Waals surface area contributed by atoms with Crippen LogP contribution in [0.15, 0.2) is 24.3 Å². The van der Waals surface area contributed by atoms with Gasteiger partial charge in [0.1, 0.15) is 0 Å². The van der Waals surface area contributed by atoms with E-state index in [2.05, 4.69) is 12.2 Å². The van der Waals surface area contributed by atoms with E-state index in [1.54, 1.807) is 0 Å². The molecule has 1 rings (SSSR count). The minimum Gasteiger partial charge on any atom is -0.350 e. The third-order valence-electron chi connectivity index (χ3n) is 2.27. The summed E-state index contributed by atoms with van der Waals surface area (Å²) < 4.78 is 0. The van der Waals surface area contributed by atoms with E-state index in [0.29, 0.717) is 0 Å². The zero-order valence-corrected chi connectivity index (χ0v) is 9.00. The molecular weight excluding hydrogens is 174 g/mol. The fraction of sp³-hybridized carbons (Fsp3) is 0.417. The van der Waals surface area contributed by atoms with E-state index in [1.165, 1.54) is 0 Å². The van der Waals surface area contributed by atoms with Gasteiger partial charge in [0.25, 0.3) is 5.91 Å². The molecule has 1 amide bonds. The molecule has 0 aliphatic rings. The van der Waals surface area contributed by atoms with Crippen LogP contribution in [0.5, 0.6) is 0 Å². The van der Waals surface area contributed by atoms with Gasteiger partial charge in [0.2, 0.25) is 0 Å². The number of amides is 1. The second-order valence-electron chi connectivity index (χ2n) is 3.65. The molecule has 0 heterocycles. The molecule has 0 aliphatic carbocycles. The summed E-state index contributed by atoms with van der Waals surface area (Å²) in [6.45, 7) is 6.05. The summed E-state index contributed by atoms with van der Waals surface area (Å²) in [5.41, 5.74) is 1.85. The van der Waals surface area contributed by atoms with Crippen LogP contribution in [-0.2, 0) is 0 Å². The summed E-state index contributed by atoms with van der Waals surface area (Å²) in [5, 5.41) is 2.93. The second kappa shape index (κ2) is 4.80. The first kappa shape index (κ1) is 10.8. The van der Waals surface area contributed by atoms with Crippen molar-refractivity contribution in [1.29, 1.82) is 0 Å². The van der Waals surface area contributed by atoms with E-state index in [-0.39, 0.29) is 11.9 Å². The molecule has 0 radical (unpaired) electrons. The van der Waals surface area contributed by atoms with Gasteiger partial charge in [-0.15, -0.1) is 0 Å². The molecule has 2 heteroatoms. The second-order valence-corrected chi connectivity index (χ2v) is 3.65. The van der Waals surface area contributed by atoms with E-state index in [9.17, 15) is 4.79 Å². The van der Waals surface area contributed by atoms with Crippen LogP contribution in [0, 0.1) is 6.92 Å². The van der Waals surface area contributed by atoms with Crippen LogP contribution in [0.1, 0.15) is 36.2 Å². The van der Waals surface area contributed by atoms with Gasteiger partial charge in [-0.25, -0.2) is 0 Å². The number of hydrogen-bond acceptors (Lipinski definition) is 1. The molecule has 0 fully saturated rings. The molecule has 0 aromatic heterocycles. The third kappa shape index (κ3) is 2.87. The maximum absolute atomic E-state index is 11.7. The molecule has 0 saturated carbocycles. The van der Waals surface area contributed by atoms with Gasteiger partial charge in [-0.05, 0) is 32.4 Å². The molecule has 1 aromatic carbocycles. The van der Waals surface area contributed by atoms with E-state index in [4.69, 9.17) is 0 Å².